The summed E-state index contributed by atoms with van der Waals surface area (Å²) in [5.41, 5.74) is 1.63. The van der Waals surface area contributed by atoms with Crippen molar-refractivity contribution in [3.8, 4) is 11.3 Å². The summed E-state index contributed by atoms with van der Waals surface area (Å²) < 4.78 is 14.2. The van der Waals surface area contributed by atoms with Crippen molar-refractivity contribution in [3.63, 3.8) is 0 Å². The minimum Gasteiger partial charge on any atom is -0.313 e. The number of nitrogens with one attached hydrogen (secondary N) is 2. The number of hydrogen-bond acceptors (Lipinski definition) is 4. The molecule has 1 saturated carbocycles. The van der Waals surface area contributed by atoms with Crippen molar-refractivity contribution in [1.82, 2.24) is 24.6 Å². The number of fused-ring (bicyclic) bond motifs is 1. The van der Waals surface area contributed by atoms with Crippen LogP contribution in [-0.4, -0.2) is 24.6 Å². The molecule has 0 amide bonds. The van der Waals surface area contributed by atoms with Gasteiger partial charge < -0.3 is 4.98 Å². The normalized spacial score (nSPS) is 13.2. The average Bonchev–Trinajstić information content (AvgIpc) is 3.42. The molecule has 0 atom stereocenters. The van der Waals surface area contributed by atoms with Crippen LogP contribution in [0.4, 0.5) is 4.39 Å². The number of imidazole rings is 1. The van der Waals surface area contributed by atoms with E-state index in [1.807, 2.05) is 6.07 Å². The van der Waals surface area contributed by atoms with Crippen LogP contribution in [-0.2, 0) is 0 Å². The van der Waals surface area contributed by atoms with E-state index in [0.29, 0.717) is 22.8 Å². The molecule has 0 unspecified atom stereocenters. The van der Waals surface area contributed by atoms with E-state index in [0.717, 1.165) is 0 Å². The second-order valence-electron chi connectivity index (χ2n) is 6.38. The van der Waals surface area contributed by atoms with Gasteiger partial charge in [-0.05, 0) is 48.6 Å². The van der Waals surface area contributed by atoms with Crippen LogP contribution in [0.25, 0.3) is 16.9 Å². The van der Waals surface area contributed by atoms with Crippen LogP contribution >= 0.6 is 11.6 Å². The fraction of sp³-hybridized carbons (Fsp3) is 0.158. The molecule has 0 saturated heterocycles. The lowest BCUT2D eigenvalue weighted by Gasteiger charge is -1.99. The van der Waals surface area contributed by atoms with Crippen molar-refractivity contribution in [2.75, 3.05) is 0 Å². The first kappa shape index (κ1) is 18.1. The Kier molecular flexibility index (Phi) is 4.79. The molecule has 1 fully saturated rings. The van der Waals surface area contributed by atoms with E-state index < -0.39 is 11.2 Å². The molecular weight excluding hydrogens is 385 g/mol. The third-order valence-corrected chi connectivity index (χ3v) is 4.63. The Morgan fingerprint density at radius 2 is 2.00 bits per heavy atom. The molecule has 2 N–H and O–H groups in total. The van der Waals surface area contributed by atoms with E-state index in [4.69, 9.17) is 11.6 Å². The van der Waals surface area contributed by atoms with Gasteiger partial charge in [0.15, 0.2) is 5.65 Å². The molecule has 142 valence electrons. The lowest BCUT2D eigenvalue weighted by Crippen LogP contribution is -2.22. The molecule has 7 nitrogen and oxygen atoms in total. The van der Waals surface area contributed by atoms with Crippen molar-refractivity contribution in [2.45, 2.75) is 18.8 Å². The summed E-state index contributed by atoms with van der Waals surface area (Å²) >= 11 is 5.61. The molecule has 28 heavy (non-hydrogen) atoms. The van der Waals surface area contributed by atoms with Crippen LogP contribution in [0.1, 0.15) is 24.3 Å². The zero-order chi connectivity index (χ0) is 19.7. The lowest BCUT2D eigenvalue weighted by molar-refractivity contribution is 0.627. The Hall–Kier alpha value is -3.26. The van der Waals surface area contributed by atoms with Gasteiger partial charge in [0.25, 0.3) is 5.56 Å². The van der Waals surface area contributed by atoms with Crippen LogP contribution in [0.3, 0.4) is 0 Å². The first-order valence-electron chi connectivity index (χ1n) is 8.59. The summed E-state index contributed by atoms with van der Waals surface area (Å²) in [7, 11) is 0. The Bertz CT molecular complexity index is 1260. The highest BCUT2D eigenvalue weighted by molar-refractivity contribution is 6.30. The first-order chi connectivity index (χ1) is 13.5. The zero-order valence-electron chi connectivity index (χ0n) is 14.5. The molecule has 0 spiro atoms. The number of halogens is 2. The summed E-state index contributed by atoms with van der Waals surface area (Å²) in [5.74, 6) is 0.323. The van der Waals surface area contributed by atoms with Gasteiger partial charge in [-0.2, -0.15) is 5.10 Å². The number of nitrogens with zero attached hydrogens (tertiary/aromatic N) is 3. The van der Waals surface area contributed by atoms with E-state index in [2.05, 4.69) is 20.1 Å². The fourth-order valence-corrected chi connectivity index (χ4v) is 2.93. The van der Waals surface area contributed by atoms with Crippen LogP contribution in [0.5, 0.6) is 0 Å². The Morgan fingerprint density at radius 1 is 1.18 bits per heavy atom. The molecule has 5 rings (SSSR count). The predicted molar refractivity (Wildman–Crippen MR) is 103 cm³/mol. The molecule has 1 aliphatic carbocycles. The number of benzene rings is 1. The van der Waals surface area contributed by atoms with Gasteiger partial charge in [0, 0.05) is 18.6 Å². The summed E-state index contributed by atoms with van der Waals surface area (Å²) in [6, 6.07) is 8.40. The molecule has 9 heteroatoms. The summed E-state index contributed by atoms with van der Waals surface area (Å²) in [6.45, 7) is 0. The van der Waals surface area contributed by atoms with Crippen molar-refractivity contribution >= 4 is 17.2 Å². The fourth-order valence-electron chi connectivity index (χ4n) is 2.74. The van der Waals surface area contributed by atoms with Gasteiger partial charge in [0.05, 0.1) is 16.3 Å². The molecule has 0 radical (unpaired) electrons. The first-order valence-corrected chi connectivity index (χ1v) is 8.97. The third-order valence-electron chi connectivity index (χ3n) is 4.34. The topological polar surface area (TPSA) is 95.9 Å². The highest BCUT2D eigenvalue weighted by atomic mass is 35.5. The van der Waals surface area contributed by atoms with Crippen LogP contribution in [0, 0.1) is 5.82 Å². The van der Waals surface area contributed by atoms with Gasteiger partial charge in [-0.1, -0.05) is 17.7 Å². The molecular formula is C19H15ClFN5O2. The molecule has 0 aliphatic heterocycles. The van der Waals surface area contributed by atoms with Gasteiger partial charge in [-0.3, -0.25) is 9.78 Å². The highest BCUT2D eigenvalue weighted by Crippen LogP contribution is 2.40. The molecule has 1 aliphatic rings. The Morgan fingerprint density at radius 3 is 2.71 bits per heavy atom. The number of aromatic amines is 2. The van der Waals surface area contributed by atoms with Gasteiger partial charge in [0.2, 0.25) is 0 Å². The second kappa shape index (κ2) is 7.40. The average molecular weight is 400 g/mol. The molecule has 3 heterocycles. The van der Waals surface area contributed by atoms with Gasteiger partial charge in [-0.25, -0.2) is 18.7 Å². The van der Waals surface area contributed by atoms with Crippen molar-refractivity contribution in [2.24, 2.45) is 0 Å². The van der Waals surface area contributed by atoms with Crippen molar-refractivity contribution in [1.29, 1.82) is 0 Å². The van der Waals surface area contributed by atoms with E-state index in [1.165, 1.54) is 30.7 Å². The summed E-state index contributed by atoms with van der Waals surface area (Å²) in [4.78, 5) is 31.1. The van der Waals surface area contributed by atoms with E-state index in [9.17, 15) is 14.0 Å². The smallest absolute Gasteiger partial charge is 0.313 e. The largest absolute Gasteiger partial charge is 0.325 e. The van der Waals surface area contributed by atoms with E-state index >= 15 is 0 Å². The van der Waals surface area contributed by atoms with Crippen LogP contribution in [0.15, 0.2) is 58.5 Å². The minimum absolute atomic E-state index is 0.245. The number of H-pyrrole nitrogens is 2. The number of hydrogen-bond donors (Lipinski definition) is 2. The number of aromatic nitrogens is 5. The van der Waals surface area contributed by atoms with Gasteiger partial charge in [-0.15, -0.1) is 0 Å². The SMILES string of the molecule is Fc1ccc(C2CC2)cc1Cl.O=c1[nH]cc(-c2ccc3nccn3n2)c(=O)[nH]1. The maximum atomic E-state index is 12.7. The van der Waals surface area contributed by atoms with Crippen molar-refractivity contribution in [3.05, 3.63) is 86.2 Å². The molecule has 4 aromatic rings. The van der Waals surface area contributed by atoms with Crippen LogP contribution in [0.2, 0.25) is 5.02 Å². The maximum Gasteiger partial charge on any atom is 0.325 e. The highest BCUT2D eigenvalue weighted by Gasteiger charge is 2.23. The molecule has 0 bridgehead atoms. The third kappa shape index (κ3) is 3.86. The lowest BCUT2D eigenvalue weighted by atomic mass is 10.1. The quantitative estimate of drug-likeness (QED) is 0.541. The zero-order valence-corrected chi connectivity index (χ0v) is 15.3. The van der Waals surface area contributed by atoms with Crippen molar-refractivity contribution < 1.29 is 4.39 Å². The Balaban J connectivity index is 0.000000151. The number of rotatable bonds is 2. The summed E-state index contributed by atoms with van der Waals surface area (Å²) in [5, 5.41) is 4.45. The monoisotopic (exact) mass is 399 g/mol. The maximum absolute atomic E-state index is 12.7. The standard InChI is InChI=1S/C10H7N5O2.C9H8ClF/c16-9-6(5-12-10(17)13-9)7-1-2-8-11-3-4-15(8)14-7;10-8-5-7(6-1-2-6)3-4-9(8)11/h1-5H,(H2,12,13,16,17);3-6H,1-2H2. The molecule has 1 aromatic carbocycles. The van der Waals surface area contributed by atoms with E-state index in [-0.39, 0.29) is 10.8 Å². The Labute approximate surface area is 162 Å². The minimum atomic E-state index is -0.539. The molecule has 3 aromatic heterocycles. The second-order valence-corrected chi connectivity index (χ2v) is 6.79. The summed E-state index contributed by atoms with van der Waals surface area (Å²) in [6.07, 6.45) is 7.08. The van der Waals surface area contributed by atoms with Gasteiger partial charge in [0.1, 0.15) is 5.82 Å². The van der Waals surface area contributed by atoms with Crippen LogP contribution < -0.4 is 11.2 Å². The van der Waals surface area contributed by atoms with E-state index in [1.54, 1.807) is 35.1 Å². The predicted octanol–water partition coefficient (Wildman–Crippen LogP) is 3.13. The van der Waals surface area contributed by atoms with Gasteiger partial charge >= 0.3 is 5.69 Å².